The van der Waals surface area contributed by atoms with Crippen LogP contribution < -0.4 is 4.90 Å². The van der Waals surface area contributed by atoms with Gasteiger partial charge in [-0.2, -0.15) is 0 Å². The molecule has 0 radical (unpaired) electrons. The first-order valence-corrected chi connectivity index (χ1v) is 7.08. The maximum absolute atomic E-state index is 10.9. The minimum atomic E-state index is -0.771. The van der Waals surface area contributed by atoms with Crippen molar-refractivity contribution in [2.45, 2.75) is 26.8 Å². The average Bonchev–Trinajstić information content (AvgIpc) is 2.85. The average molecular weight is 287 g/mol. The molecular formula is C16H21N3O2. The van der Waals surface area contributed by atoms with Gasteiger partial charge in [-0.3, -0.25) is 4.79 Å². The molecule has 1 aromatic heterocycles. The molecular weight excluding hydrogens is 266 g/mol. The summed E-state index contributed by atoms with van der Waals surface area (Å²) >= 11 is 0. The fourth-order valence-corrected chi connectivity index (χ4v) is 2.37. The van der Waals surface area contributed by atoms with Gasteiger partial charge in [0.05, 0.1) is 6.42 Å². The van der Waals surface area contributed by atoms with Crippen LogP contribution in [0.25, 0.3) is 0 Å². The zero-order valence-corrected chi connectivity index (χ0v) is 12.5. The van der Waals surface area contributed by atoms with E-state index in [0.29, 0.717) is 6.54 Å². The molecule has 21 heavy (non-hydrogen) atoms. The normalized spacial score (nSPS) is 10.6. The van der Waals surface area contributed by atoms with Gasteiger partial charge in [-0.05, 0) is 25.5 Å². The predicted octanol–water partition coefficient (Wildman–Crippen LogP) is 2.48. The lowest BCUT2D eigenvalue weighted by molar-refractivity contribution is -0.136. The number of hydrogen-bond acceptors (Lipinski definition) is 3. The number of carboxylic acid groups (broad SMARTS) is 1. The van der Waals surface area contributed by atoms with Gasteiger partial charge in [-0.15, -0.1) is 0 Å². The van der Waals surface area contributed by atoms with Crippen LogP contribution in [0.3, 0.4) is 0 Å². The van der Waals surface area contributed by atoms with E-state index in [1.807, 2.05) is 44.3 Å². The highest BCUT2D eigenvalue weighted by molar-refractivity contribution is 5.68. The number of imidazole rings is 1. The van der Waals surface area contributed by atoms with E-state index in [-0.39, 0.29) is 6.42 Å². The monoisotopic (exact) mass is 287 g/mol. The van der Waals surface area contributed by atoms with E-state index >= 15 is 0 Å². The van der Waals surface area contributed by atoms with Crippen molar-refractivity contribution in [2.24, 2.45) is 0 Å². The minimum absolute atomic E-state index is 0.136. The van der Waals surface area contributed by atoms with Crippen molar-refractivity contribution in [1.82, 2.24) is 9.55 Å². The first-order chi connectivity index (χ1) is 10.1. The molecule has 0 bridgehead atoms. The molecule has 1 N–H and O–H groups in total. The lowest BCUT2D eigenvalue weighted by Gasteiger charge is -2.26. The smallest absolute Gasteiger partial charge is 0.305 e. The molecule has 0 atom stereocenters. The van der Waals surface area contributed by atoms with Gasteiger partial charge in [0.1, 0.15) is 5.82 Å². The standard InChI is InChI=1S/C16H21N3O2/c1-13-5-3-4-6-15(13)19(9-7-16(20)21)12-11-18-10-8-17-14(18)2/h3-6,8,10H,7,9,11-12H2,1-2H3,(H,20,21). The Morgan fingerprint density at radius 3 is 2.67 bits per heavy atom. The SMILES string of the molecule is Cc1ccccc1N(CCC(=O)O)CCn1ccnc1C. The molecule has 5 nitrogen and oxygen atoms in total. The zero-order chi connectivity index (χ0) is 15.2. The number of aryl methyl sites for hydroxylation is 2. The molecule has 5 heteroatoms. The van der Waals surface area contributed by atoms with Crippen molar-refractivity contribution in [3.05, 3.63) is 48.0 Å². The van der Waals surface area contributed by atoms with Crippen molar-refractivity contribution in [3.8, 4) is 0 Å². The summed E-state index contributed by atoms with van der Waals surface area (Å²) in [7, 11) is 0. The Balaban J connectivity index is 2.10. The third-order valence-electron chi connectivity index (χ3n) is 3.59. The van der Waals surface area contributed by atoms with Crippen molar-refractivity contribution >= 4 is 11.7 Å². The highest BCUT2D eigenvalue weighted by Gasteiger charge is 2.11. The first kappa shape index (κ1) is 15.1. The molecule has 0 aliphatic carbocycles. The maximum atomic E-state index is 10.9. The fourth-order valence-electron chi connectivity index (χ4n) is 2.37. The number of anilines is 1. The number of nitrogens with zero attached hydrogens (tertiary/aromatic N) is 3. The molecule has 0 aliphatic heterocycles. The van der Waals surface area contributed by atoms with Gasteiger partial charge < -0.3 is 14.6 Å². The molecule has 0 saturated carbocycles. The quantitative estimate of drug-likeness (QED) is 0.850. The maximum Gasteiger partial charge on any atom is 0.305 e. The van der Waals surface area contributed by atoms with Gasteiger partial charge in [-0.25, -0.2) is 4.98 Å². The molecule has 112 valence electrons. The first-order valence-electron chi connectivity index (χ1n) is 7.08. The largest absolute Gasteiger partial charge is 0.481 e. The lowest BCUT2D eigenvalue weighted by atomic mass is 10.1. The van der Waals surface area contributed by atoms with E-state index in [9.17, 15) is 4.79 Å². The molecule has 2 aromatic rings. The molecule has 2 rings (SSSR count). The fraction of sp³-hybridized carbons (Fsp3) is 0.375. The van der Waals surface area contributed by atoms with Gasteiger partial charge in [0, 0.05) is 37.7 Å². The highest BCUT2D eigenvalue weighted by atomic mass is 16.4. The van der Waals surface area contributed by atoms with Crippen LogP contribution in [0.15, 0.2) is 36.7 Å². The van der Waals surface area contributed by atoms with Crippen molar-refractivity contribution in [1.29, 1.82) is 0 Å². The Kier molecular flexibility index (Phi) is 4.98. The molecule has 0 aliphatic rings. The van der Waals surface area contributed by atoms with Crippen LogP contribution in [0, 0.1) is 13.8 Å². The summed E-state index contributed by atoms with van der Waals surface area (Å²) in [6.07, 6.45) is 3.87. The summed E-state index contributed by atoms with van der Waals surface area (Å²) < 4.78 is 2.08. The van der Waals surface area contributed by atoms with Crippen LogP contribution in [0.2, 0.25) is 0 Å². The summed E-state index contributed by atoms with van der Waals surface area (Å²) in [4.78, 5) is 17.2. The number of para-hydroxylation sites is 1. The van der Waals surface area contributed by atoms with E-state index in [0.717, 1.165) is 30.2 Å². The van der Waals surface area contributed by atoms with Crippen LogP contribution in [-0.4, -0.2) is 33.7 Å². The molecule has 1 aromatic carbocycles. The van der Waals surface area contributed by atoms with Gasteiger partial charge in [-0.1, -0.05) is 18.2 Å². The Morgan fingerprint density at radius 2 is 2.05 bits per heavy atom. The van der Waals surface area contributed by atoms with Crippen molar-refractivity contribution in [3.63, 3.8) is 0 Å². The van der Waals surface area contributed by atoms with E-state index in [1.165, 1.54) is 0 Å². The Labute approximate surface area is 124 Å². The van der Waals surface area contributed by atoms with Gasteiger partial charge in [0.25, 0.3) is 0 Å². The van der Waals surface area contributed by atoms with Crippen LogP contribution in [0.5, 0.6) is 0 Å². The molecule has 0 amide bonds. The summed E-state index contributed by atoms with van der Waals surface area (Å²) in [6, 6.07) is 8.07. The minimum Gasteiger partial charge on any atom is -0.481 e. The Bertz CT molecular complexity index is 607. The number of aromatic nitrogens is 2. The summed E-state index contributed by atoms with van der Waals surface area (Å²) in [5, 5.41) is 8.93. The van der Waals surface area contributed by atoms with Crippen LogP contribution in [0.1, 0.15) is 17.8 Å². The van der Waals surface area contributed by atoms with Gasteiger partial charge >= 0.3 is 5.97 Å². The topological polar surface area (TPSA) is 58.4 Å². The highest BCUT2D eigenvalue weighted by Crippen LogP contribution is 2.19. The van der Waals surface area contributed by atoms with E-state index in [2.05, 4.69) is 14.5 Å². The molecule has 0 unspecified atom stereocenters. The second-order valence-corrected chi connectivity index (χ2v) is 5.09. The Morgan fingerprint density at radius 1 is 1.29 bits per heavy atom. The van der Waals surface area contributed by atoms with E-state index in [1.54, 1.807) is 6.20 Å². The van der Waals surface area contributed by atoms with Crippen molar-refractivity contribution in [2.75, 3.05) is 18.0 Å². The molecule has 0 saturated heterocycles. The zero-order valence-electron chi connectivity index (χ0n) is 12.5. The number of carbonyl (C=O) groups is 1. The lowest BCUT2D eigenvalue weighted by Crippen LogP contribution is -2.30. The second kappa shape index (κ2) is 6.92. The predicted molar refractivity (Wildman–Crippen MR) is 82.6 cm³/mol. The summed E-state index contributed by atoms with van der Waals surface area (Å²) in [5.74, 6) is 0.199. The van der Waals surface area contributed by atoms with E-state index < -0.39 is 5.97 Å². The number of aliphatic carboxylic acids is 1. The van der Waals surface area contributed by atoms with Crippen LogP contribution in [0.4, 0.5) is 5.69 Å². The van der Waals surface area contributed by atoms with E-state index in [4.69, 9.17) is 5.11 Å². The number of hydrogen-bond donors (Lipinski definition) is 1. The number of benzene rings is 1. The third-order valence-corrected chi connectivity index (χ3v) is 3.59. The van der Waals surface area contributed by atoms with Crippen molar-refractivity contribution < 1.29 is 9.90 Å². The third kappa shape index (κ3) is 4.08. The summed E-state index contributed by atoms with van der Waals surface area (Å²) in [5.41, 5.74) is 2.25. The van der Waals surface area contributed by atoms with Crippen LogP contribution in [-0.2, 0) is 11.3 Å². The van der Waals surface area contributed by atoms with Gasteiger partial charge in [0.2, 0.25) is 0 Å². The molecule has 0 fully saturated rings. The number of carboxylic acids is 1. The summed E-state index contributed by atoms with van der Waals surface area (Å²) in [6.45, 7) is 6.07. The molecule has 1 heterocycles. The Hall–Kier alpha value is -2.30. The van der Waals surface area contributed by atoms with Crippen LogP contribution >= 0.6 is 0 Å². The van der Waals surface area contributed by atoms with Gasteiger partial charge in [0.15, 0.2) is 0 Å². The second-order valence-electron chi connectivity index (χ2n) is 5.09. The number of rotatable bonds is 7. The molecule has 0 spiro atoms.